The first kappa shape index (κ1) is 46.4. The molecule has 0 bridgehead atoms. The summed E-state index contributed by atoms with van der Waals surface area (Å²) in [4.78, 5) is 0. The van der Waals surface area contributed by atoms with Gasteiger partial charge < -0.3 is 5.48 Å². The summed E-state index contributed by atoms with van der Waals surface area (Å²) in [6.07, 6.45) is 0. The van der Waals surface area contributed by atoms with Crippen LogP contribution < -0.4 is 0 Å². The fraction of sp³-hybridized carbons (Fsp3) is 0. The number of rotatable bonds is 0. The molecule has 0 rings (SSSR count). The van der Waals surface area contributed by atoms with Crippen molar-refractivity contribution < 1.29 is 22.3 Å². The van der Waals surface area contributed by atoms with E-state index in [-0.39, 0.29) is 58.5 Å². The molecule has 0 heterocycles. The van der Waals surface area contributed by atoms with Crippen molar-refractivity contribution in [2.75, 3.05) is 0 Å². The van der Waals surface area contributed by atoms with Gasteiger partial charge in [0.2, 0.25) is 0 Å². The van der Waals surface area contributed by atoms with Gasteiger partial charge in [0, 0.05) is 53.0 Å². The fourth-order valence-corrected chi connectivity index (χ4v) is 0. The van der Waals surface area contributed by atoms with Crippen LogP contribution in [-0.4, -0.2) is 41.7 Å². The Morgan fingerprint density at radius 3 is 1.00 bits per heavy atom. The average molecular weight is 111 g/mol. The van der Waals surface area contributed by atoms with Crippen LogP contribution in [0.3, 0.4) is 0 Å². The Morgan fingerprint density at radius 1 is 1.00 bits per heavy atom. The van der Waals surface area contributed by atoms with E-state index >= 15 is 0 Å². The summed E-state index contributed by atoms with van der Waals surface area (Å²) in [6.45, 7) is 0. The molecule has 0 atom stereocenters. The van der Waals surface area contributed by atoms with E-state index in [2.05, 4.69) is 0 Å². The quantitative estimate of drug-likeness (QED) is 0.337. The first-order chi connectivity index (χ1) is 0. The third-order valence-corrected chi connectivity index (χ3v) is 0. The number of hydrogen-bond acceptors (Lipinski definition) is 0. The van der Waals surface area contributed by atoms with Crippen LogP contribution in [-0.2, 0) is 16.8 Å². The summed E-state index contributed by atoms with van der Waals surface area (Å²) in [5.74, 6) is 0. The number of hydrogen-bond donors (Lipinski definition) is 0. The van der Waals surface area contributed by atoms with Gasteiger partial charge in [-0.2, -0.15) is 0 Å². The second-order valence-corrected chi connectivity index (χ2v) is 0. The minimum atomic E-state index is 0. The van der Waals surface area contributed by atoms with Crippen LogP contribution in [0.2, 0.25) is 0 Å². The molecule has 0 aliphatic heterocycles. The molecule has 21 valence electrons. The maximum Gasteiger partial charge on any atom is 0 e. The van der Waals surface area contributed by atoms with Gasteiger partial charge in [-0.05, 0) is 0 Å². The predicted molar refractivity (Wildman–Crippen MR) is 15.1 cm³/mol. The van der Waals surface area contributed by atoms with Crippen molar-refractivity contribution in [2.45, 2.75) is 0 Å². The van der Waals surface area contributed by atoms with E-state index in [1.54, 1.807) is 0 Å². The normalized spacial score (nSPS) is 0. The maximum absolute atomic E-state index is 0. The summed E-state index contributed by atoms with van der Waals surface area (Å²) < 4.78 is 0. The van der Waals surface area contributed by atoms with Crippen molar-refractivity contribution in [3.05, 3.63) is 0 Å². The molecule has 5 radical (unpaired) electrons. The van der Waals surface area contributed by atoms with Crippen LogP contribution in [0.15, 0.2) is 0 Å². The van der Waals surface area contributed by atoms with Gasteiger partial charge in [0.15, 0.2) is 0 Å². The van der Waals surface area contributed by atoms with Crippen molar-refractivity contribution in [1.29, 1.82) is 0 Å². The second-order valence-electron chi connectivity index (χ2n) is 0. The van der Waals surface area contributed by atoms with Crippen molar-refractivity contribution >= 4 is 36.2 Å². The van der Waals surface area contributed by atoms with Crippen molar-refractivity contribution in [1.82, 2.24) is 0 Å². The Hall–Kier alpha value is 1.60. The average Bonchev–Trinajstić information content (AvgIpc) is 0. The Balaban J connectivity index is 0. The minimum Gasteiger partial charge on any atom is -0.412 e. The standard InChI is InChI=1S/Al.Co.Li.H2O/h;;;1H2. The molecule has 0 fully saturated rings. The first-order valence-corrected chi connectivity index (χ1v) is 0. The molecule has 2 N–H and O–H groups in total. The zero-order valence-corrected chi connectivity index (χ0v) is 4.61. The molecular weight excluding hydrogens is 109 g/mol. The van der Waals surface area contributed by atoms with Crippen LogP contribution in [0.1, 0.15) is 0 Å². The predicted octanol–water partition coefficient (Wildman–Crippen LogP) is -1.59. The summed E-state index contributed by atoms with van der Waals surface area (Å²) >= 11 is 0. The summed E-state index contributed by atoms with van der Waals surface area (Å²) in [5.41, 5.74) is 0. The van der Waals surface area contributed by atoms with Gasteiger partial charge in [-0.1, -0.05) is 0 Å². The summed E-state index contributed by atoms with van der Waals surface area (Å²) in [5, 5.41) is 0. The van der Waals surface area contributed by atoms with Crippen molar-refractivity contribution in [3.8, 4) is 0 Å². The van der Waals surface area contributed by atoms with E-state index in [1.165, 1.54) is 0 Å². The first-order valence-electron chi connectivity index (χ1n) is 0. The molecule has 0 aromatic carbocycles. The molecule has 1 nitrogen and oxygen atoms in total. The molecule has 0 saturated heterocycles. The minimum absolute atomic E-state index is 0. The van der Waals surface area contributed by atoms with Gasteiger partial charge >= 0.3 is 0 Å². The molecular formula is H2AlCoLiO. The monoisotopic (exact) mass is 111 g/mol. The zero-order valence-electron chi connectivity index (χ0n) is 2.41. The van der Waals surface area contributed by atoms with Crippen LogP contribution in [0.5, 0.6) is 0 Å². The molecule has 0 aliphatic rings. The van der Waals surface area contributed by atoms with Gasteiger partial charge in [-0.25, -0.2) is 0 Å². The third-order valence-electron chi connectivity index (χ3n) is 0. The van der Waals surface area contributed by atoms with Crippen LogP contribution in [0, 0.1) is 0 Å². The van der Waals surface area contributed by atoms with E-state index < -0.39 is 0 Å². The van der Waals surface area contributed by atoms with E-state index in [0.29, 0.717) is 0 Å². The van der Waals surface area contributed by atoms with Gasteiger partial charge in [0.05, 0.1) is 0 Å². The summed E-state index contributed by atoms with van der Waals surface area (Å²) in [7, 11) is 0. The van der Waals surface area contributed by atoms with Gasteiger partial charge in [0.1, 0.15) is 0 Å². The second kappa shape index (κ2) is 23.3. The van der Waals surface area contributed by atoms with Crippen LogP contribution >= 0.6 is 0 Å². The van der Waals surface area contributed by atoms with E-state index in [4.69, 9.17) is 0 Å². The Bertz CT molecular complexity index is 8.00. The summed E-state index contributed by atoms with van der Waals surface area (Å²) in [6, 6.07) is 0. The topological polar surface area (TPSA) is 31.5 Å². The molecule has 0 aliphatic carbocycles. The maximum atomic E-state index is 0. The van der Waals surface area contributed by atoms with Crippen molar-refractivity contribution in [2.24, 2.45) is 0 Å². The molecule has 4 heavy (non-hydrogen) atoms. The van der Waals surface area contributed by atoms with Crippen LogP contribution in [0.4, 0.5) is 0 Å². The van der Waals surface area contributed by atoms with Crippen LogP contribution in [0.25, 0.3) is 0 Å². The zero-order chi connectivity index (χ0) is 0. The van der Waals surface area contributed by atoms with E-state index in [1.807, 2.05) is 0 Å². The molecule has 0 saturated carbocycles. The molecule has 0 aromatic heterocycles. The smallest absolute Gasteiger partial charge is 0 e. The Kier molecular flexibility index (Phi) is 271. The van der Waals surface area contributed by atoms with Gasteiger partial charge in [0.25, 0.3) is 0 Å². The van der Waals surface area contributed by atoms with Gasteiger partial charge in [-0.15, -0.1) is 0 Å². The fourth-order valence-electron chi connectivity index (χ4n) is 0. The molecule has 0 unspecified atom stereocenters. The SMILES string of the molecule is O.[Al].[Co].[Li]. The third kappa shape index (κ3) is 9.51. The van der Waals surface area contributed by atoms with Gasteiger partial charge in [-0.3, -0.25) is 0 Å². The molecule has 0 aromatic rings. The largest absolute Gasteiger partial charge is 0.412 e. The van der Waals surface area contributed by atoms with E-state index in [0.717, 1.165) is 0 Å². The Labute approximate surface area is 58.3 Å². The molecule has 4 heteroatoms. The molecule has 0 amide bonds. The van der Waals surface area contributed by atoms with E-state index in [9.17, 15) is 0 Å². The molecule has 0 spiro atoms. The van der Waals surface area contributed by atoms with Crippen molar-refractivity contribution in [3.63, 3.8) is 0 Å². The Morgan fingerprint density at radius 2 is 1.00 bits per heavy atom.